The van der Waals surface area contributed by atoms with Crippen LogP contribution in [0.2, 0.25) is 0 Å². The third-order valence-electron chi connectivity index (χ3n) is 4.24. The predicted octanol–water partition coefficient (Wildman–Crippen LogP) is 2.17. The Labute approximate surface area is 134 Å². The molecule has 23 heavy (non-hydrogen) atoms. The van der Waals surface area contributed by atoms with Gasteiger partial charge in [-0.25, -0.2) is 0 Å². The average Bonchev–Trinajstić information content (AvgIpc) is 2.98. The van der Waals surface area contributed by atoms with Crippen LogP contribution in [0, 0.1) is 5.92 Å². The summed E-state index contributed by atoms with van der Waals surface area (Å²) in [4.78, 5) is 26.0. The molecule has 2 aromatic rings. The van der Waals surface area contributed by atoms with Gasteiger partial charge < -0.3 is 14.2 Å². The van der Waals surface area contributed by atoms with Gasteiger partial charge in [-0.3, -0.25) is 9.59 Å². The zero-order chi connectivity index (χ0) is 16.2. The van der Waals surface area contributed by atoms with Crippen LogP contribution in [0.1, 0.15) is 25.5 Å². The number of ether oxygens (including phenoxy) is 1. The highest BCUT2D eigenvalue weighted by molar-refractivity contribution is 5.86. The first-order valence-electron chi connectivity index (χ1n) is 7.96. The van der Waals surface area contributed by atoms with E-state index < -0.39 is 0 Å². The van der Waals surface area contributed by atoms with Crippen LogP contribution in [-0.2, 0) is 20.7 Å². The molecule has 1 aromatic heterocycles. The Morgan fingerprint density at radius 3 is 2.78 bits per heavy atom. The monoisotopic (exact) mass is 316 g/mol. The molecule has 0 N–H and O–H groups in total. The van der Waals surface area contributed by atoms with Crippen LogP contribution in [0.5, 0.6) is 0 Å². The number of amides is 1. The van der Waals surface area contributed by atoms with E-state index in [4.69, 9.17) is 9.26 Å². The fourth-order valence-electron chi connectivity index (χ4n) is 2.95. The van der Waals surface area contributed by atoms with E-state index >= 15 is 0 Å². The maximum atomic E-state index is 12.4. The molecule has 1 aliphatic heterocycles. The zero-order valence-corrected chi connectivity index (χ0v) is 13.2. The van der Waals surface area contributed by atoms with Gasteiger partial charge in [0, 0.05) is 18.5 Å². The van der Waals surface area contributed by atoms with E-state index in [-0.39, 0.29) is 24.2 Å². The minimum absolute atomic E-state index is 0.0198. The summed E-state index contributed by atoms with van der Waals surface area (Å²) in [5.74, 6) is -0.222. The molecule has 1 fully saturated rings. The van der Waals surface area contributed by atoms with Crippen molar-refractivity contribution in [2.24, 2.45) is 5.92 Å². The number of nitrogens with zero attached hydrogens (tertiary/aromatic N) is 2. The van der Waals surface area contributed by atoms with Gasteiger partial charge in [-0.05, 0) is 31.9 Å². The molecule has 0 spiro atoms. The normalized spacial score (nSPS) is 15.8. The van der Waals surface area contributed by atoms with Crippen molar-refractivity contribution in [2.75, 3.05) is 19.7 Å². The lowest BCUT2D eigenvalue weighted by Gasteiger charge is -2.30. The van der Waals surface area contributed by atoms with Crippen molar-refractivity contribution in [3.63, 3.8) is 0 Å². The third-order valence-corrected chi connectivity index (χ3v) is 4.24. The van der Waals surface area contributed by atoms with Crippen LogP contribution in [-0.4, -0.2) is 41.6 Å². The molecular formula is C17H20N2O4. The van der Waals surface area contributed by atoms with Crippen LogP contribution in [0.3, 0.4) is 0 Å². The number of hydrogen-bond acceptors (Lipinski definition) is 5. The van der Waals surface area contributed by atoms with E-state index in [1.165, 1.54) is 0 Å². The number of aromatic nitrogens is 1. The zero-order valence-electron chi connectivity index (χ0n) is 13.2. The first-order chi connectivity index (χ1) is 11.2. The molecule has 0 radical (unpaired) electrons. The molecule has 1 saturated heterocycles. The highest BCUT2D eigenvalue weighted by Gasteiger charge is 2.28. The van der Waals surface area contributed by atoms with E-state index in [2.05, 4.69) is 5.16 Å². The number of likely N-dealkylation sites (tertiary alicyclic amines) is 1. The largest absolute Gasteiger partial charge is 0.466 e. The maximum absolute atomic E-state index is 12.4. The highest BCUT2D eigenvalue weighted by Crippen LogP contribution is 2.22. The van der Waals surface area contributed by atoms with Gasteiger partial charge in [-0.1, -0.05) is 17.3 Å². The molecule has 0 unspecified atom stereocenters. The summed E-state index contributed by atoms with van der Waals surface area (Å²) < 4.78 is 10.3. The van der Waals surface area contributed by atoms with E-state index in [1.54, 1.807) is 11.8 Å². The molecule has 122 valence electrons. The molecule has 0 aliphatic carbocycles. The molecular weight excluding hydrogens is 296 g/mol. The van der Waals surface area contributed by atoms with Crippen LogP contribution < -0.4 is 0 Å². The van der Waals surface area contributed by atoms with Crippen LogP contribution >= 0.6 is 0 Å². The van der Waals surface area contributed by atoms with E-state index in [0.717, 1.165) is 5.39 Å². The molecule has 6 nitrogen and oxygen atoms in total. The topological polar surface area (TPSA) is 72.6 Å². The molecule has 3 rings (SSSR count). The summed E-state index contributed by atoms with van der Waals surface area (Å²) in [6.07, 6.45) is 1.54. The fourth-order valence-corrected chi connectivity index (χ4v) is 2.95. The second kappa shape index (κ2) is 6.81. The Morgan fingerprint density at radius 2 is 2.04 bits per heavy atom. The Bertz CT molecular complexity index is 701. The van der Waals surface area contributed by atoms with Gasteiger partial charge in [0.05, 0.1) is 18.9 Å². The van der Waals surface area contributed by atoms with Crippen molar-refractivity contribution in [1.82, 2.24) is 10.1 Å². The average molecular weight is 316 g/mol. The number of fused-ring (bicyclic) bond motifs is 1. The van der Waals surface area contributed by atoms with Gasteiger partial charge in [0.2, 0.25) is 5.91 Å². The lowest BCUT2D eigenvalue weighted by Crippen LogP contribution is -2.41. The molecule has 1 aliphatic rings. The van der Waals surface area contributed by atoms with Crippen molar-refractivity contribution in [3.8, 4) is 0 Å². The van der Waals surface area contributed by atoms with Gasteiger partial charge in [-0.2, -0.15) is 0 Å². The first kappa shape index (κ1) is 15.5. The number of esters is 1. The van der Waals surface area contributed by atoms with Gasteiger partial charge >= 0.3 is 5.97 Å². The first-order valence-corrected chi connectivity index (χ1v) is 7.96. The summed E-state index contributed by atoms with van der Waals surface area (Å²) in [5.41, 5.74) is 1.36. The van der Waals surface area contributed by atoms with E-state index in [1.807, 2.05) is 24.3 Å². The predicted molar refractivity (Wildman–Crippen MR) is 83.7 cm³/mol. The number of hydrogen-bond donors (Lipinski definition) is 0. The summed E-state index contributed by atoms with van der Waals surface area (Å²) in [7, 11) is 0. The summed E-state index contributed by atoms with van der Waals surface area (Å²) in [5, 5.41) is 4.88. The number of carbonyl (C=O) groups is 2. The van der Waals surface area contributed by atoms with Crippen LogP contribution in [0.4, 0.5) is 0 Å². The minimum Gasteiger partial charge on any atom is -0.466 e. The van der Waals surface area contributed by atoms with Gasteiger partial charge in [0.15, 0.2) is 5.58 Å². The lowest BCUT2D eigenvalue weighted by molar-refractivity contribution is -0.151. The lowest BCUT2D eigenvalue weighted by atomic mass is 9.96. The molecule has 0 bridgehead atoms. The standard InChI is InChI=1S/C17H20N2O4/c1-2-22-17(21)12-7-9-19(10-8-12)16(20)11-14-13-5-3-4-6-15(13)23-18-14/h3-6,12H,2,7-11H2,1H3. The Balaban J connectivity index is 1.59. The van der Waals surface area contributed by atoms with Crippen molar-refractivity contribution in [1.29, 1.82) is 0 Å². The van der Waals surface area contributed by atoms with Crippen LogP contribution in [0.25, 0.3) is 11.0 Å². The van der Waals surface area contributed by atoms with Crippen molar-refractivity contribution in [3.05, 3.63) is 30.0 Å². The number of rotatable bonds is 4. The molecule has 1 aromatic carbocycles. The summed E-state index contributed by atoms with van der Waals surface area (Å²) in [6, 6.07) is 7.51. The van der Waals surface area contributed by atoms with Gasteiger partial charge in [-0.15, -0.1) is 0 Å². The number of benzene rings is 1. The smallest absolute Gasteiger partial charge is 0.309 e. The van der Waals surface area contributed by atoms with Gasteiger partial charge in [0.25, 0.3) is 0 Å². The second-order valence-corrected chi connectivity index (χ2v) is 5.71. The minimum atomic E-state index is -0.151. The molecule has 2 heterocycles. The van der Waals surface area contributed by atoms with Crippen LogP contribution in [0.15, 0.2) is 28.8 Å². The molecule has 6 heteroatoms. The maximum Gasteiger partial charge on any atom is 0.309 e. The Morgan fingerprint density at radius 1 is 1.30 bits per heavy atom. The Kier molecular flexibility index (Phi) is 4.60. The summed E-state index contributed by atoms with van der Waals surface area (Å²) >= 11 is 0. The van der Waals surface area contributed by atoms with Crippen molar-refractivity contribution >= 4 is 22.8 Å². The molecule has 0 atom stereocenters. The SMILES string of the molecule is CCOC(=O)C1CCN(C(=O)Cc2noc3ccccc23)CC1. The number of carbonyl (C=O) groups excluding carboxylic acids is 2. The number of piperidine rings is 1. The summed E-state index contributed by atoms with van der Waals surface area (Å²) in [6.45, 7) is 3.37. The molecule has 1 amide bonds. The highest BCUT2D eigenvalue weighted by atomic mass is 16.5. The van der Waals surface area contributed by atoms with E-state index in [0.29, 0.717) is 43.8 Å². The Hall–Kier alpha value is -2.37. The number of para-hydroxylation sites is 1. The van der Waals surface area contributed by atoms with Crippen molar-refractivity contribution < 1.29 is 18.8 Å². The van der Waals surface area contributed by atoms with Crippen molar-refractivity contribution in [2.45, 2.75) is 26.2 Å². The molecule has 0 saturated carbocycles. The quantitative estimate of drug-likeness (QED) is 0.808. The fraction of sp³-hybridized carbons (Fsp3) is 0.471. The second-order valence-electron chi connectivity index (χ2n) is 5.71. The van der Waals surface area contributed by atoms with Gasteiger partial charge in [0.1, 0.15) is 5.69 Å². The van der Waals surface area contributed by atoms with E-state index in [9.17, 15) is 9.59 Å². The third kappa shape index (κ3) is 3.36.